The lowest BCUT2D eigenvalue weighted by atomic mass is 10.1. The van der Waals surface area contributed by atoms with E-state index in [9.17, 15) is 27.6 Å². The van der Waals surface area contributed by atoms with E-state index in [0.29, 0.717) is 11.4 Å². The van der Waals surface area contributed by atoms with Crippen LogP contribution in [-0.4, -0.2) is 44.8 Å². The quantitative estimate of drug-likeness (QED) is 0.605. The number of methoxy groups -OCH3 is 1. The molecule has 2 N–H and O–H groups in total. The Morgan fingerprint density at radius 1 is 1.06 bits per heavy atom. The van der Waals surface area contributed by atoms with Gasteiger partial charge < -0.3 is 19.7 Å². The monoisotopic (exact) mass is 465 g/mol. The lowest BCUT2D eigenvalue weighted by molar-refractivity contribution is -0.137. The summed E-state index contributed by atoms with van der Waals surface area (Å²) in [5, 5.41) is 5.18. The van der Waals surface area contributed by atoms with Crippen LogP contribution in [0.25, 0.3) is 0 Å². The molecule has 176 valence electrons. The molecule has 3 rings (SSSR count). The third kappa shape index (κ3) is 6.45. The Bertz CT molecular complexity index is 1030. The van der Waals surface area contributed by atoms with Gasteiger partial charge in [0.05, 0.1) is 18.1 Å². The van der Waals surface area contributed by atoms with Crippen molar-refractivity contribution in [2.75, 3.05) is 42.4 Å². The Balaban J connectivity index is 1.62. The first-order valence-electron chi connectivity index (χ1n) is 9.98. The van der Waals surface area contributed by atoms with Gasteiger partial charge in [0.25, 0.3) is 0 Å². The summed E-state index contributed by atoms with van der Waals surface area (Å²) >= 11 is 0. The van der Waals surface area contributed by atoms with Crippen molar-refractivity contribution < 1.29 is 37.0 Å². The van der Waals surface area contributed by atoms with Crippen molar-refractivity contribution in [2.45, 2.75) is 12.6 Å². The van der Waals surface area contributed by atoms with Gasteiger partial charge in [0.2, 0.25) is 11.8 Å². The van der Waals surface area contributed by atoms with Crippen LogP contribution in [0.15, 0.2) is 48.5 Å². The molecule has 1 fully saturated rings. The number of carbonyl (C=O) groups is 3. The number of anilines is 3. The molecular weight excluding hydrogens is 443 g/mol. The first-order valence-corrected chi connectivity index (χ1v) is 9.98. The minimum absolute atomic E-state index is 0.0459. The normalized spacial score (nSPS) is 15.9. The average Bonchev–Trinajstić information content (AvgIpc) is 3.15. The summed E-state index contributed by atoms with van der Waals surface area (Å²) in [7, 11) is 1.48. The molecule has 0 spiro atoms. The summed E-state index contributed by atoms with van der Waals surface area (Å²) in [6.07, 6.45) is -5.36. The van der Waals surface area contributed by atoms with Crippen LogP contribution in [0.1, 0.15) is 12.0 Å². The first kappa shape index (κ1) is 24.1. The molecule has 33 heavy (non-hydrogen) atoms. The SMILES string of the molecule is COCCOC(=O)Nc1cccc(NC(=O)C2CC(=O)N(c3cccc(C(F)(F)F)c3)C2)c1. The number of nitrogens with one attached hydrogen (secondary N) is 2. The number of nitrogens with zero attached hydrogens (tertiary/aromatic N) is 1. The van der Waals surface area contributed by atoms with E-state index >= 15 is 0 Å². The van der Waals surface area contributed by atoms with Gasteiger partial charge in [0.15, 0.2) is 0 Å². The molecule has 1 aliphatic rings. The van der Waals surface area contributed by atoms with Gasteiger partial charge in [-0.05, 0) is 36.4 Å². The minimum atomic E-state index is -4.54. The van der Waals surface area contributed by atoms with Crippen molar-refractivity contribution >= 4 is 35.0 Å². The van der Waals surface area contributed by atoms with E-state index in [1.807, 2.05) is 0 Å². The maximum Gasteiger partial charge on any atom is 0.416 e. The molecule has 8 nitrogen and oxygen atoms in total. The number of amides is 3. The zero-order valence-electron chi connectivity index (χ0n) is 17.6. The molecule has 1 atom stereocenters. The zero-order valence-corrected chi connectivity index (χ0v) is 17.6. The second-order valence-corrected chi connectivity index (χ2v) is 7.28. The Kier molecular flexibility index (Phi) is 7.54. The summed E-state index contributed by atoms with van der Waals surface area (Å²) in [5.41, 5.74) is -0.0305. The molecule has 1 unspecified atom stereocenters. The first-order chi connectivity index (χ1) is 15.7. The van der Waals surface area contributed by atoms with Crippen molar-refractivity contribution in [1.82, 2.24) is 0 Å². The lowest BCUT2D eigenvalue weighted by Crippen LogP contribution is -2.28. The minimum Gasteiger partial charge on any atom is -0.447 e. The number of benzene rings is 2. The highest BCUT2D eigenvalue weighted by atomic mass is 19.4. The van der Waals surface area contributed by atoms with E-state index in [-0.39, 0.29) is 31.9 Å². The number of carbonyl (C=O) groups excluding carboxylic acids is 3. The standard InChI is InChI=1S/C22H22F3N3O5/c1-32-8-9-33-21(31)27-17-6-3-5-16(12-17)26-20(30)14-10-19(29)28(13-14)18-7-2-4-15(11-18)22(23,24)25/h2-7,11-12,14H,8-10,13H2,1H3,(H,26,30)(H,27,31). The van der Waals surface area contributed by atoms with E-state index in [1.54, 1.807) is 18.2 Å². The molecule has 0 aliphatic carbocycles. The number of hydrogen-bond donors (Lipinski definition) is 2. The molecule has 1 saturated heterocycles. The second-order valence-electron chi connectivity index (χ2n) is 7.28. The van der Waals surface area contributed by atoms with Crippen LogP contribution in [0.4, 0.5) is 35.0 Å². The average molecular weight is 465 g/mol. The largest absolute Gasteiger partial charge is 0.447 e. The maximum atomic E-state index is 13.0. The number of halogens is 3. The zero-order chi connectivity index (χ0) is 24.0. The lowest BCUT2D eigenvalue weighted by Gasteiger charge is -2.18. The Hall–Kier alpha value is -3.60. The van der Waals surface area contributed by atoms with Gasteiger partial charge >= 0.3 is 12.3 Å². The molecule has 0 bridgehead atoms. The molecule has 1 heterocycles. The Morgan fingerprint density at radius 3 is 2.45 bits per heavy atom. The van der Waals surface area contributed by atoms with Gasteiger partial charge in [0, 0.05) is 37.1 Å². The van der Waals surface area contributed by atoms with E-state index in [0.717, 1.165) is 12.1 Å². The van der Waals surface area contributed by atoms with Crippen LogP contribution < -0.4 is 15.5 Å². The third-order valence-corrected chi connectivity index (χ3v) is 4.88. The van der Waals surface area contributed by atoms with Crippen LogP contribution in [0.5, 0.6) is 0 Å². The molecule has 0 radical (unpaired) electrons. The fourth-order valence-corrected chi connectivity index (χ4v) is 3.27. The van der Waals surface area contributed by atoms with Crippen molar-refractivity contribution in [2.24, 2.45) is 5.92 Å². The molecule has 3 amide bonds. The number of alkyl halides is 3. The van der Waals surface area contributed by atoms with Crippen LogP contribution >= 0.6 is 0 Å². The molecule has 2 aromatic rings. The highest BCUT2D eigenvalue weighted by Gasteiger charge is 2.37. The van der Waals surface area contributed by atoms with Crippen LogP contribution in [0.2, 0.25) is 0 Å². The van der Waals surface area contributed by atoms with E-state index < -0.39 is 35.6 Å². The maximum absolute atomic E-state index is 13.0. The Morgan fingerprint density at radius 2 is 1.76 bits per heavy atom. The van der Waals surface area contributed by atoms with Gasteiger partial charge in [-0.3, -0.25) is 14.9 Å². The van der Waals surface area contributed by atoms with E-state index in [1.165, 1.54) is 30.2 Å². The van der Waals surface area contributed by atoms with Crippen molar-refractivity contribution in [3.63, 3.8) is 0 Å². The molecule has 0 saturated carbocycles. The summed E-state index contributed by atoms with van der Waals surface area (Å²) in [6, 6.07) is 10.7. The third-order valence-electron chi connectivity index (χ3n) is 4.88. The van der Waals surface area contributed by atoms with Gasteiger partial charge in [0.1, 0.15) is 6.61 Å². The van der Waals surface area contributed by atoms with E-state index in [2.05, 4.69) is 10.6 Å². The van der Waals surface area contributed by atoms with Gasteiger partial charge in [-0.2, -0.15) is 13.2 Å². The summed E-state index contributed by atoms with van der Waals surface area (Å²) in [4.78, 5) is 38.0. The van der Waals surface area contributed by atoms with E-state index in [4.69, 9.17) is 9.47 Å². The number of hydrogen-bond acceptors (Lipinski definition) is 5. The van der Waals surface area contributed by atoms with Crippen LogP contribution in [-0.2, 0) is 25.2 Å². The summed E-state index contributed by atoms with van der Waals surface area (Å²) < 4.78 is 48.6. The highest BCUT2D eigenvalue weighted by Crippen LogP contribution is 2.33. The summed E-state index contributed by atoms with van der Waals surface area (Å²) in [5.74, 6) is -1.65. The fraction of sp³-hybridized carbons (Fsp3) is 0.318. The highest BCUT2D eigenvalue weighted by molar-refractivity contribution is 6.03. The van der Waals surface area contributed by atoms with Crippen LogP contribution in [0, 0.1) is 5.92 Å². The predicted octanol–water partition coefficient (Wildman–Crippen LogP) is 3.89. The van der Waals surface area contributed by atoms with Crippen molar-refractivity contribution in [1.29, 1.82) is 0 Å². The fourth-order valence-electron chi connectivity index (χ4n) is 3.27. The number of rotatable bonds is 7. The molecule has 1 aliphatic heterocycles. The van der Waals surface area contributed by atoms with Crippen molar-refractivity contribution in [3.8, 4) is 0 Å². The van der Waals surface area contributed by atoms with Crippen LogP contribution in [0.3, 0.4) is 0 Å². The summed E-state index contributed by atoms with van der Waals surface area (Å²) in [6.45, 7) is 0.285. The van der Waals surface area contributed by atoms with Gasteiger partial charge in [-0.1, -0.05) is 12.1 Å². The predicted molar refractivity (Wildman–Crippen MR) is 114 cm³/mol. The topological polar surface area (TPSA) is 97.0 Å². The van der Waals surface area contributed by atoms with Gasteiger partial charge in [-0.15, -0.1) is 0 Å². The molecule has 2 aromatic carbocycles. The Labute approximate surface area is 187 Å². The second kappa shape index (κ2) is 10.3. The molecular formula is C22H22F3N3O5. The van der Waals surface area contributed by atoms with Crippen molar-refractivity contribution in [3.05, 3.63) is 54.1 Å². The number of ether oxygens (including phenoxy) is 2. The molecule has 11 heteroatoms. The van der Waals surface area contributed by atoms with Gasteiger partial charge in [-0.25, -0.2) is 4.79 Å². The molecule has 0 aromatic heterocycles. The smallest absolute Gasteiger partial charge is 0.416 e.